The number of hydrogen-bond acceptors (Lipinski definition) is 4. The molecule has 1 heterocycles. The van der Waals surface area contributed by atoms with Gasteiger partial charge < -0.3 is 14.8 Å². The molecule has 0 spiro atoms. The Labute approximate surface area is 200 Å². The Morgan fingerprint density at radius 1 is 1.09 bits per heavy atom. The summed E-state index contributed by atoms with van der Waals surface area (Å²) >= 11 is 6.91. The first-order valence-electron chi connectivity index (χ1n) is 9.65. The second kappa shape index (κ2) is 9.67. The second-order valence-corrected chi connectivity index (χ2v) is 8.90. The number of nitrogens with zero attached hydrogens (tertiary/aromatic N) is 1. The molecule has 0 fully saturated rings. The molecule has 0 atom stereocenters. The summed E-state index contributed by atoms with van der Waals surface area (Å²) in [5.41, 5.74) is 3.56. The monoisotopic (exact) mass is 558 g/mol. The minimum atomic E-state index is -0.919. The van der Waals surface area contributed by atoms with E-state index in [2.05, 4.69) is 42.2 Å². The fraction of sp³-hybridized carbons (Fsp3) is 0.0833. The highest BCUT2D eigenvalue weighted by molar-refractivity contribution is 9.11. The lowest BCUT2D eigenvalue weighted by molar-refractivity contribution is -0.136. The third-order valence-corrected chi connectivity index (χ3v) is 5.54. The van der Waals surface area contributed by atoms with Crippen LogP contribution in [0.4, 0.5) is 10.1 Å². The van der Waals surface area contributed by atoms with Crippen LogP contribution in [-0.2, 0) is 11.2 Å². The number of benzene rings is 3. The van der Waals surface area contributed by atoms with Crippen LogP contribution < -0.4 is 5.32 Å². The molecule has 0 amide bonds. The molecule has 8 heteroatoms. The largest absolute Gasteiger partial charge is 0.481 e. The summed E-state index contributed by atoms with van der Waals surface area (Å²) in [4.78, 5) is 15.3. The molecule has 0 aliphatic carbocycles. The average Bonchev–Trinajstić information content (AvgIpc) is 3.14. The fourth-order valence-corrected chi connectivity index (χ4v) is 4.54. The molecule has 0 aliphatic rings. The van der Waals surface area contributed by atoms with Crippen molar-refractivity contribution in [3.8, 4) is 11.5 Å². The minimum Gasteiger partial charge on any atom is -0.481 e. The molecule has 5 nitrogen and oxygen atoms in total. The molecule has 1 aromatic heterocycles. The van der Waals surface area contributed by atoms with Gasteiger partial charge in [-0.3, -0.25) is 4.79 Å². The lowest BCUT2D eigenvalue weighted by Gasteiger charge is -2.06. The molecule has 32 heavy (non-hydrogen) atoms. The lowest BCUT2D eigenvalue weighted by Crippen LogP contribution is -2.00. The molecule has 0 saturated carbocycles. The van der Waals surface area contributed by atoms with Gasteiger partial charge in [0.1, 0.15) is 11.3 Å². The summed E-state index contributed by atoms with van der Waals surface area (Å²) in [5.74, 6) is -1.06. The van der Waals surface area contributed by atoms with Gasteiger partial charge in [-0.15, -0.1) is 0 Å². The maximum Gasteiger partial charge on any atom is 0.307 e. The van der Waals surface area contributed by atoms with Gasteiger partial charge in [-0.2, -0.15) is 0 Å². The van der Waals surface area contributed by atoms with Crippen LogP contribution in [0.3, 0.4) is 0 Å². The lowest BCUT2D eigenvalue weighted by atomic mass is 10.1. The predicted molar refractivity (Wildman–Crippen MR) is 130 cm³/mol. The normalized spacial score (nSPS) is 11.3. The number of rotatable bonds is 7. The van der Waals surface area contributed by atoms with Crippen molar-refractivity contribution in [3.05, 3.63) is 86.6 Å². The first-order valence-corrected chi connectivity index (χ1v) is 11.2. The zero-order valence-electron chi connectivity index (χ0n) is 16.6. The minimum absolute atomic E-state index is 0.0968. The van der Waals surface area contributed by atoms with Crippen molar-refractivity contribution in [1.82, 2.24) is 4.98 Å². The van der Waals surface area contributed by atoms with Gasteiger partial charge in [-0.05, 0) is 59.7 Å². The standard InChI is InChI=1S/C24H17Br2FN2O3/c25-17-8-14(9-18(26)13-17)2-1-7-28-20-5-4-16(12-19(20)27)24-29-21-10-15(11-23(30)31)3-6-22(21)32-24/h1-6,8-10,12-13,28H,7,11H2,(H,30,31). The van der Waals surface area contributed by atoms with E-state index in [4.69, 9.17) is 9.52 Å². The van der Waals surface area contributed by atoms with Crippen molar-refractivity contribution in [2.24, 2.45) is 0 Å². The Bertz CT molecular complexity index is 1310. The van der Waals surface area contributed by atoms with E-state index in [1.54, 1.807) is 30.3 Å². The van der Waals surface area contributed by atoms with Crippen molar-refractivity contribution in [2.75, 3.05) is 11.9 Å². The summed E-state index contributed by atoms with van der Waals surface area (Å²) in [7, 11) is 0. The average molecular weight is 560 g/mol. The van der Waals surface area contributed by atoms with Gasteiger partial charge in [0.15, 0.2) is 5.58 Å². The molecule has 4 rings (SSSR count). The maximum atomic E-state index is 14.6. The molecule has 3 aromatic carbocycles. The topological polar surface area (TPSA) is 75.4 Å². The number of nitrogens with one attached hydrogen (secondary N) is 1. The second-order valence-electron chi connectivity index (χ2n) is 7.07. The summed E-state index contributed by atoms with van der Waals surface area (Å²) in [6, 6.07) is 15.7. The van der Waals surface area contributed by atoms with E-state index >= 15 is 0 Å². The molecule has 4 aromatic rings. The first-order chi connectivity index (χ1) is 15.4. The Morgan fingerprint density at radius 2 is 1.88 bits per heavy atom. The van der Waals surface area contributed by atoms with Gasteiger partial charge in [-0.25, -0.2) is 9.37 Å². The summed E-state index contributed by atoms with van der Waals surface area (Å²) in [6.45, 7) is 0.454. The summed E-state index contributed by atoms with van der Waals surface area (Å²) < 4.78 is 22.3. The van der Waals surface area contributed by atoms with Crippen LogP contribution in [0, 0.1) is 5.82 Å². The molecule has 0 unspecified atom stereocenters. The Morgan fingerprint density at radius 3 is 2.59 bits per heavy atom. The smallest absolute Gasteiger partial charge is 0.307 e. The Kier molecular flexibility index (Phi) is 6.72. The molecule has 0 radical (unpaired) electrons. The SMILES string of the molecule is O=C(O)Cc1ccc2oc(-c3ccc(NCC=Cc4cc(Br)cc(Br)c4)c(F)c3)nc2c1. The van der Waals surface area contributed by atoms with E-state index in [0.29, 0.717) is 34.5 Å². The van der Waals surface area contributed by atoms with E-state index in [9.17, 15) is 9.18 Å². The summed E-state index contributed by atoms with van der Waals surface area (Å²) in [6.07, 6.45) is 3.77. The zero-order chi connectivity index (χ0) is 22.7. The third kappa shape index (κ3) is 5.44. The highest BCUT2D eigenvalue weighted by atomic mass is 79.9. The molecule has 162 valence electrons. The van der Waals surface area contributed by atoms with Crippen molar-refractivity contribution in [1.29, 1.82) is 0 Å². The van der Waals surface area contributed by atoms with Crippen molar-refractivity contribution in [3.63, 3.8) is 0 Å². The Hall–Kier alpha value is -2.97. The van der Waals surface area contributed by atoms with Crippen LogP contribution in [0.25, 0.3) is 28.6 Å². The van der Waals surface area contributed by atoms with Crippen LogP contribution in [0.1, 0.15) is 11.1 Å². The Balaban J connectivity index is 1.45. The van der Waals surface area contributed by atoms with E-state index in [0.717, 1.165) is 14.5 Å². The molecule has 0 saturated heterocycles. The van der Waals surface area contributed by atoms with Crippen molar-refractivity contribution < 1.29 is 18.7 Å². The van der Waals surface area contributed by atoms with E-state index < -0.39 is 11.8 Å². The number of carboxylic acids is 1. The molecular formula is C24H17Br2FN2O3. The van der Waals surface area contributed by atoms with E-state index in [1.807, 2.05) is 30.4 Å². The van der Waals surface area contributed by atoms with Crippen molar-refractivity contribution in [2.45, 2.75) is 6.42 Å². The van der Waals surface area contributed by atoms with Crippen LogP contribution >= 0.6 is 31.9 Å². The first kappa shape index (κ1) is 22.2. The van der Waals surface area contributed by atoms with E-state index in [1.165, 1.54) is 6.07 Å². The van der Waals surface area contributed by atoms with Crippen molar-refractivity contribution >= 4 is 60.7 Å². The number of halogens is 3. The predicted octanol–water partition coefficient (Wildman–Crippen LogP) is 6.91. The van der Waals surface area contributed by atoms with Crippen LogP contribution in [0.2, 0.25) is 0 Å². The number of carbonyl (C=O) groups is 1. The van der Waals surface area contributed by atoms with Gasteiger partial charge in [-0.1, -0.05) is 50.1 Å². The van der Waals surface area contributed by atoms with Crippen LogP contribution in [-0.4, -0.2) is 22.6 Å². The number of fused-ring (bicyclic) bond motifs is 1. The summed E-state index contributed by atoms with van der Waals surface area (Å²) in [5, 5.41) is 12.0. The maximum absolute atomic E-state index is 14.6. The zero-order valence-corrected chi connectivity index (χ0v) is 19.8. The van der Waals surface area contributed by atoms with Gasteiger partial charge in [0.2, 0.25) is 5.89 Å². The molecule has 0 bridgehead atoms. The number of carboxylic acid groups (broad SMARTS) is 1. The third-order valence-electron chi connectivity index (χ3n) is 4.63. The quantitative estimate of drug-likeness (QED) is 0.257. The number of aromatic nitrogens is 1. The molecular weight excluding hydrogens is 543 g/mol. The van der Waals surface area contributed by atoms with Crippen LogP contribution in [0.5, 0.6) is 0 Å². The molecule has 0 aliphatic heterocycles. The van der Waals surface area contributed by atoms with E-state index in [-0.39, 0.29) is 12.3 Å². The highest BCUT2D eigenvalue weighted by Gasteiger charge is 2.12. The van der Waals surface area contributed by atoms with Gasteiger partial charge >= 0.3 is 5.97 Å². The molecule has 2 N–H and O–H groups in total. The fourth-order valence-electron chi connectivity index (χ4n) is 3.21. The number of aliphatic carboxylic acids is 1. The number of oxazole rings is 1. The number of hydrogen-bond donors (Lipinski definition) is 2. The highest BCUT2D eigenvalue weighted by Crippen LogP contribution is 2.28. The van der Waals surface area contributed by atoms with Gasteiger partial charge in [0, 0.05) is 21.1 Å². The van der Waals surface area contributed by atoms with Crippen LogP contribution in [0.15, 0.2) is 74.0 Å². The van der Waals surface area contributed by atoms with Gasteiger partial charge in [0.25, 0.3) is 0 Å². The number of anilines is 1. The van der Waals surface area contributed by atoms with Gasteiger partial charge in [0.05, 0.1) is 12.1 Å².